The third kappa shape index (κ3) is 4.08. The van der Waals surface area contributed by atoms with Gasteiger partial charge in [-0.2, -0.15) is 0 Å². The van der Waals surface area contributed by atoms with E-state index in [2.05, 4.69) is 10.3 Å². The van der Waals surface area contributed by atoms with Crippen molar-refractivity contribution in [1.29, 1.82) is 0 Å². The van der Waals surface area contributed by atoms with Crippen molar-refractivity contribution < 1.29 is 18.3 Å². The number of methoxy groups -OCH3 is 2. The van der Waals surface area contributed by atoms with E-state index in [0.29, 0.717) is 17.2 Å². The Kier molecular flexibility index (Phi) is 5.16. The summed E-state index contributed by atoms with van der Waals surface area (Å²) in [6.45, 7) is -0.633. The van der Waals surface area contributed by atoms with Crippen molar-refractivity contribution in [3.8, 4) is 11.5 Å². The van der Waals surface area contributed by atoms with Crippen LogP contribution in [0.15, 0.2) is 23.2 Å². The Balaban J connectivity index is 2.76. The first kappa shape index (κ1) is 14.0. The maximum atomic E-state index is 11.9. The normalized spacial score (nSPS) is 11.5. The van der Waals surface area contributed by atoms with Crippen LogP contribution >= 0.6 is 0 Å². The number of anilines is 1. The zero-order valence-electron chi connectivity index (χ0n) is 10.1. The standard InChI is InChI=1S/C11H15F2N3O2/c1-17-8-4-3-7(5-9(8)18-2)16-11(14)15-6-10(12)13/h3-5,10H,6H2,1-2H3,(H3,14,15,16). The van der Waals surface area contributed by atoms with E-state index < -0.39 is 13.0 Å². The molecule has 0 amide bonds. The van der Waals surface area contributed by atoms with Crippen LogP contribution in [0.5, 0.6) is 11.5 Å². The van der Waals surface area contributed by atoms with Gasteiger partial charge in [-0.25, -0.2) is 13.8 Å². The molecule has 0 saturated heterocycles. The van der Waals surface area contributed by atoms with Crippen LogP contribution in [0, 0.1) is 0 Å². The smallest absolute Gasteiger partial charge is 0.257 e. The molecule has 3 N–H and O–H groups in total. The number of halogens is 2. The number of rotatable bonds is 5. The Bertz CT molecular complexity index is 425. The van der Waals surface area contributed by atoms with Gasteiger partial charge in [-0.3, -0.25) is 0 Å². The maximum absolute atomic E-state index is 11.9. The molecule has 100 valence electrons. The van der Waals surface area contributed by atoms with Gasteiger partial charge in [0.25, 0.3) is 6.43 Å². The van der Waals surface area contributed by atoms with E-state index in [1.807, 2.05) is 0 Å². The summed E-state index contributed by atoms with van der Waals surface area (Å²) < 4.78 is 34.0. The highest BCUT2D eigenvalue weighted by Gasteiger charge is 2.05. The van der Waals surface area contributed by atoms with Crippen molar-refractivity contribution in [2.45, 2.75) is 6.43 Å². The van der Waals surface area contributed by atoms with Gasteiger partial charge in [0.1, 0.15) is 6.54 Å². The molecule has 5 nitrogen and oxygen atoms in total. The zero-order chi connectivity index (χ0) is 13.5. The number of alkyl halides is 2. The molecule has 0 atom stereocenters. The van der Waals surface area contributed by atoms with Gasteiger partial charge < -0.3 is 20.5 Å². The largest absolute Gasteiger partial charge is 0.493 e. The molecule has 0 aliphatic rings. The molecule has 0 spiro atoms. The third-order valence-corrected chi connectivity index (χ3v) is 2.06. The van der Waals surface area contributed by atoms with Gasteiger partial charge in [-0.15, -0.1) is 0 Å². The topological polar surface area (TPSA) is 68.9 Å². The van der Waals surface area contributed by atoms with E-state index in [1.54, 1.807) is 18.2 Å². The molecule has 7 heteroatoms. The lowest BCUT2D eigenvalue weighted by Gasteiger charge is -2.10. The monoisotopic (exact) mass is 259 g/mol. The van der Waals surface area contributed by atoms with Crippen molar-refractivity contribution in [3.05, 3.63) is 18.2 Å². The molecule has 1 aromatic rings. The fourth-order valence-electron chi connectivity index (χ4n) is 1.27. The lowest BCUT2D eigenvalue weighted by atomic mass is 10.3. The first-order chi connectivity index (χ1) is 8.56. The summed E-state index contributed by atoms with van der Waals surface area (Å²) in [7, 11) is 3.01. The van der Waals surface area contributed by atoms with Gasteiger partial charge in [0.15, 0.2) is 17.5 Å². The Labute approximate surface area is 104 Å². The van der Waals surface area contributed by atoms with Crippen LogP contribution in [0.25, 0.3) is 0 Å². The quantitative estimate of drug-likeness (QED) is 0.623. The van der Waals surface area contributed by atoms with E-state index in [1.165, 1.54) is 14.2 Å². The number of nitrogens with zero attached hydrogens (tertiary/aromatic N) is 1. The number of ether oxygens (including phenoxy) is 2. The summed E-state index contributed by atoms with van der Waals surface area (Å²) in [5.74, 6) is 0.984. The van der Waals surface area contributed by atoms with Crippen LogP contribution < -0.4 is 20.5 Å². The second kappa shape index (κ2) is 6.63. The molecule has 0 bridgehead atoms. The molecule has 1 aromatic carbocycles. The molecule has 0 aliphatic heterocycles. The van der Waals surface area contributed by atoms with Gasteiger partial charge in [0.05, 0.1) is 14.2 Å². The highest BCUT2D eigenvalue weighted by atomic mass is 19.3. The number of hydrogen-bond acceptors (Lipinski definition) is 3. The number of benzene rings is 1. The van der Waals surface area contributed by atoms with Gasteiger partial charge in [0, 0.05) is 11.8 Å². The van der Waals surface area contributed by atoms with Crippen molar-refractivity contribution in [1.82, 2.24) is 0 Å². The molecule has 18 heavy (non-hydrogen) atoms. The zero-order valence-corrected chi connectivity index (χ0v) is 10.1. The maximum Gasteiger partial charge on any atom is 0.257 e. The van der Waals surface area contributed by atoms with E-state index in [4.69, 9.17) is 15.2 Å². The first-order valence-corrected chi connectivity index (χ1v) is 5.14. The Morgan fingerprint density at radius 3 is 2.56 bits per heavy atom. The predicted octanol–water partition coefficient (Wildman–Crippen LogP) is 1.70. The van der Waals surface area contributed by atoms with E-state index in [-0.39, 0.29) is 5.96 Å². The van der Waals surface area contributed by atoms with Gasteiger partial charge in [-0.1, -0.05) is 0 Å². The summed E-state index contributed by atoms with van der Waals surface area (Å²) >= 11 is 0. The lowest BCUT2D eigenvalue weighted by molar-refractivity contribution is 0.158. The van der Waals surface area contributed by atoms with Gasteiger partial charge in [0.2, 0.25) is 0 Å². The average molecular weight is 259 g/mol. The van der Waals surface area contributed by atoms with Gasteiger partial charge in [-0.05, 0) is 12.1 Å². The predicted molar refractivity (Wildman–Crippen MR) is 65.7 cm³/mol. The molecule has 0 aliphatic carbocycles. The van der Waals surface area contributed by atoms with Crippen molar-refractivity contribution in [2.24, 2.45) is 10.7 Å². The molecule has 0 aromatic heterocycles. The summed E-state index contributed by atoms with van der Waals surface area (Å²) in [4.78, 5) is 3.48. The summed E-state index contributed by atoms with van der Waals surface area (Å²) in [5, 5.41) is 2.68. The van der Waals surface area contributed by atoms with Crippen LogP contribution in [0.4, 0.5) is 14.5 Å². The van der Waals surface area contributed by atoms with Crippen LogP contribution in [0.3, 0.4) is 0 Å². The number of nitrogens with one attached hydrogen (secondary N) is 1. The Morgan fingerprint density at radius 2 is 2.00 bits per heavy atom. The van der Waals surface area contributed by atoms with Crippen molar-refractivity contribution >= 4 is 11.6 Å². The average Bonchev–Trinajstić information content (AvgIpc) is 2.36. The molecular formula is C11H15F2N3O2. The second-order valence-corrected chi connectivity index (χ2v) is 3.31. The van der Waals surface area contributed by atoms with E-state index in [9.17, 15) is 8.78 Å². The fourth-order valence-corrected chi connectivity index (χ4v) is 1.27. The molecule has 0 fully saturated rings. The minimum atomic E-state index is -2.52. The highest BCUT2D eigenvalue weighted by Crippen LogP contribution is 2.29. The molecule has 0 radical (unpaired) electrons. The van der Waals surface area contributed by atoms with Crippen molar-refractivity contribution in [3.63, 3.8) is 0 Å². The summed E-state index contributed by atoms with van der Waals surface area (Å²) in [6, 6.07) is 4.97. The Hall–Kier alpha value is -2.05. The number of nitrogens with two attached hydrogens (primary N) is 1. The van der Waals surface area contributed by atoms with Crippen LogP contribution in [0.2, 0.25) is 0 Å². The van der Waals surface area contributed by atoms with Crippen LogP contribution in [-0.4, -0.2) is 33.1 Å². The van der Waals surface area contributed by atoms with E-state index in [0.717, 1.165) is 0 Å². The molecule has 0 unspecified atom stereocenters. The summed E-state index contributed by atoms with van der Waals surface area (Å²) in [6.07, 6.45) is -2.52. The van der Waals surface area contributed by atoms with Crippen molar-refractivity contribution in [2.75, 3.05) is 26.1 Å². The highest BCUT2D eigenvalue weighted by molar-refractivity contribution is 5.92. The SMILES string of the molecule is COc1ccc(NC(N)=NCC(F)F)cc1OC. The van der Waals surface area contributed by atoms with Crippen LogP contribution in [-0.2, 0) is 0 Å². The first-order valence-electron chi connectivity index (χ1n) is 5.14. The molecule has 0 heterocycles. The third-order valence-electron chi connectivity index (χ3n) is 2.06. The molecule has 0 saturated carbocycles. The lowest BCUT2D eigenvalue weighted by Crippen LogP contribution is -2.23. The second-order valence-electron chi connectivity index (χ2n) is 3.31. The van der Waals surface area contributed by atoms with Crippen LogP contribution in [0.1, 0.15) is 0 Å². The fraction of sp³-hybridized carbons (Fsp3) is 0.364. The number of guanidine groups is 1. The number of hydrogen-bond donors (Lipinski definition) is 2. The van der Waals surface area contributed by atoms with E-state index >= 15 is 0 Å². The minimum absolute atomic E-state index is 0.0810. The van der Waals surface area contributed by atoms with Gasteiger partial charge >= 0.3 is 0 Å². The Morgan fingerprint density at radius 1 is 1.33 bits per heavy atom. The summed E-state index contributed by atoms with van der Waals surface area (Å²) in [5.41, 5.74) is 6.02. The molecule has 1 rings (SSSR count). The number of aliphatic imine (C=N–C) groups is 1. The molecular weight excluding hydrogens is 244 g/mol. The minimum Gasteiger partial charge on any atom is -0.493 e.